The van der Waals surface area contributed by atoms with E-state index in [1.54, 1.807) is 18.4 Å². The van der Waals surface area contributed by atoms with Gasteiger partial charge in [0.1, 0.15) is 5.01 Å². The molecule has 0 aliphatic heterocycles. The molecule has 130 valence electrons. The van der Waals surface area contributed by atoms with Crippen molar-refractivity contribution in [2.75, 3.05) is 7.05 Å². The number of aromatic nitrogens is 1. The molecule has 2 rings (SSSR count). The molecular weight excluding hydrogens is 316 g/mol. The number of nitrogens with one attached hydrogen (secondary N) is 2. The number of rotatable bonds is 5. The lowest BCUT2D eigenvalue weighted by Gasteiger charge is -2.15. The molecule has 1 aromatic heterocycles. The molecule has 24 heavy (non-hydrogen) atoms. The van der Waals surface area contributed by atoms with Gasteiger partial charge in [-0.25, -0.2) is 4.98 Å². The lowest BCUT2D eigenvalue weighted by molar-refractivity contribution is 0.782. The Morgan fingerprint density at radius 2 is 1.75 bits per heavy atom. The fourth-order valence-electron chi connectivity index (χ4n) is 2.71. The summed E-state index contributed by atoms with van der Waals surface area (Å²) in [5, 5.41) is 9.97. The minimum absolute atomic E-state index is 0.472. The van der Waals surface area contributed by atoms with E-state index in [1.807, 2.05) is 0 Å². The van der Waals surface area contributed by atoms with Crippen molar-refractivity contribution in [3.05, 3.63) is 50.5 Å². The Morgan fingerprint density at radius 3 is 2.29 bits per heavy atom. The Kier molecular flexibility index (Phi) is 6.37. The second-order valence-corrected chi connectivity index (χ2v) is 7.42. The standard InChI is InChI=1S/C19H28N4S/c1-12(2)17-11-24-18(23-17)10-22-19(20-6)21-9-16-14(4)7-13(3)8-15(16)5/h7-8,11-12H,9-10H2,1-6H3,(H2,20,21,22). The summed E-state index contributed by atoms with van der Waals surface area (Å²) in [6.07, 6.45) is 0. The van der Waals surface area contributed by atoms with Crippen LogP contribution >= 0.6 is 11.3 Å². The van der Waals surface area contributed by atoms with Gasteiger partial charge in [0, 0.05) is 19.0 Å². The average Bonchev–Trinajstić information content (AvgIpc) is 2.98. The molecule has 0 bridgehead atoms. The Hall–Kier alpha value is -1.88. The lowest BCUT2D eigenvalue weighted by atomic mass is 10.00. The summed E-state index contributed by atoms with van der Waals surface area (Å²) in [5.41, 5.74) is 6.43. The summed E-state index contributed by atoms with van der Waals surface area (Å²) in [4.78, 5) is 8.95. The Morgan fingerprint density at radius 1 is 1.12 bits per heavy atom. The van der Waals surface area contributed by atoms with E-state index in [0.29, 0.717) is 12.5 Å². The second-order valence-electron chi connectivity index (χ2n) is 6.48. The molecule has 0 atom stereocenters. The summed E-state index contributed by atoms with van der Waals surface area (Å²) in [5.74, 6) is 1.27. The molecule has 0 saturated carbocycles. The highest BCUT2D eigenvalue weighted by Crippen LogP contribution is 2.18. The Balaban J connectivity index is 1.93. The van der Waals surface area contributed by atoms with Crippen LogP contribution in [-0.4, -0.2) is 18.0 Å². The fraction of sp³-hybridized carbons (Fsp3) is 0.474. The SMILES string of the molecule is CN=C(NCc1nc(C(C)C)cs1)NCc1c(C)cc(C)cc1C. The molecule has 2 aromatic rings. The topological polar surface area (TPSA) is 49.3 Å². The molecule has 4 nitrogen and oxygen atoms in total. The van der Waals surface area contributed by atoms with Gasteiger partial charge >= 0.3 is 0 Å². The maximum atomic E-state index is 4.65. The van der Waals surface area contributed by atoms with E-state index < -0.39 is 0 Å². The molecule has 0 radical (unpaired) electrons. The molecular formula is C19H28N4S. The molecule has 1 aromatic carbocycles. The van der Waals surface area contributed by atoms with E-state index in [-0.39, 0.29) is 0 Å². The molecule has 0 saturated heterocycles. The van der Waals surface area contributed by atoms with Gasteiger partial charge in [0.05, 0.1) is 12.2 Å². The summed E-state index contributed by atoms with van der Waals surface area (Å²) in [6.45, 7) is 12.3. The molecule has 0 amide bonds. The molecule has 2 N–H and O–H groups in total. The zero-order valence-corrected chi connectivity index (χ0v) is 16.3. The van der Waals surface area contributed by atoms with Crippen molar-refractivity contribution >= 4 is 17.3 Å². The van der Waals surface area contributed by atoms with Crippen LogP contribution in [0.1, 0.15) is 52.7 Å². The summed E-state index contributed by atoms with van der Waals surface area (Å²) in [7, 11) is 1.80. The van der Waals surface area contributed by atoms with E-state index in [2.05, 4.69) is 72.7 Å². The summed E-state index contributed by atoms with van der Waals surface area (Å²) in [6, 6.07) is 4.45. The first-order chi connectivity index (χ1) is 11.4. The fourth-order valence-corrected chi connectivity index (χ4v) is 3.61. The quantitative estimate of drug-likeness (QED) is 0.635. The highest BCUT2D eigenvalue weighted by Gasteiger charge is 2.08. The van der Waals surface area contributed by atoms with Crippen LogP contribution in [0, 0.1) is 20.8 Å². The minimum atomic E-state index is 0.472. The maximum absolute atomic E-state index is 4.65. The van der Waals surface area contributed by atoms with Crippen LogP contribution in [0.2, 0.25) is 0 Å². The maximum Gasteiger partial charge on any atom is 0.191 e. The monoisotopic (exact) mass is 344 g/mol. The number of guanidine groups is 1. The third kappa shape index (κ3) is 4.81. The first kappa shape index (κ1) is 18.5. The van der Waals surface area contributed by atoms with Crippen molar-refractivity contribution in [2.45, 2.75) is 53.6 Å². The van der Waals surface area contributed by atoms with Gasteiger partial charge in [-0.2, -0.15) is 0 Å². The van der Waals surface area contributed by atoms with Crippen LogP contribution in [0.4, 0.5) is 0 Å². The number of nitrogens with zero attached hydrogens (tertiary/aromatic N) is 2. The van der Waals surface area contributed by atoms with E-state index in [0.717, 1.165) is 23.2 Å². The second kappa shape index (κ2) is 8.29. The predicted octanol–water partition coefficient (Wildman–Crippen LogP) is 4.06. The number of hydrogen-bond acceptors (Lipinski definition) is 3. The average molecular weight is 345 g/mol. The molecule has 0 aliphatic rings. The van der Waals surface area contributed by atoms with E-state index in [9.17, 15) is 0 Å². The van der Waals surface area contributed by atoms with Crippen LogP contribution in [0.3, 0.4) is 0 Å². The van der Waals surface area contributed by atoms with Crippen LogP contribution in [-0.2, 0) is 13.1 Å². The number of benzene rings is 1. The minimum Gasteiger partial charge on any atom is -0.352 e. The summed E-state index contributed by atoms with van der Waals surface area (Å²) < 4.78 is 0. The van der Waals surface area contributed by atoms with Gasteiger partial charge in [0.25, 0.3) is 0 Å². The van der Waals surface area contributed by atoms with Crippen molar-refractivity contribution in [3.8, 4) is 0 Å². The van der Waals surface area contributed by atoms with Crippen molar-refractivity contribution in [2.24, 2.45) is 4.99 Å². The predicted molar refractivity (Wildman–Crippen MR) is 104 cm³/mol. The van der Waals surface area contributed by atoms with Crippen molar-refractivity contribution in [3.63, 3.8) is 0 Å². The molecule has 1 heterocycles. The number of aryl methyl sites for hydroxylation is 3. The van der Waals surface area contributed by atoms with Gasteiger partial charge < -0.3 is 10.6 Å². The molecule has 0 fully saturated rings. The summed E-state index contributed by atoms with van der Waals surface area (Å²) >= 11 is 1.69. The van der Waals surface area contributed by atoms with Gasteiger partial charge in [-0.15, -0.1) is 11.3 Å². The first-order valence-electron chi connectivity index (χ1n) is 8.36. The van der Waals surface area contributed by atoms with E-state index in [1.165, 1.54) is 22.3 Å². The molecule has 0 unspecified atom stereocenters. The van der Waals surface area contributed by atoms with Gasteiger partial charge in [-0.3, -0.25) is 4.99 Å². The number of thiazole rings is 1. The van der Waals surface area contributed by atoms with Crippen LogP contribution in [0.15, 0.2) is 22.5 Å². The number of aliphatic imine (C=N–C) groups is 1. The van der Waals surface area contributed by atoms with E-state index in [4.69, 9.17) is 0 Å². The van der Waals surface area contributed by atoms with Gasteiger partial charge in [0.2, 0.25) is 0 Å². The largest absolute Gasteiger partial charge is 0.352 e. The van der Waals surface area contributed by atoms with Gasteiger partial charge in [-0.1, -0.05) is 31.5 Å². The zero-order valence-electron chi connectivity index (χ0n) is 15.5. The van der Waals surface area contributed by atoms with Crippen molar-refractivity contribution < 1.29 is 0 Å². The van der Waals surface area contributed by atoms with Gasteiger partial charge in [0.15, 0.2) is 5.96 Å². The number of hydrogen-bond donors (Lipinski definition) is 2. The van der Waals surface area contributed by atoms with Crippen molar-refractivity contribution in [1.29, 1.82) is 0 Å². The third-order valence-electron chi connectivity index (χ3n) is 4.06. The lowest BCUT2D eigenvalue weighted by Crippen LogP contribution is -2.36. The Bertz CT molecular complexity index is 693. The zero-order chi connectivity index (χ0) is 17.7. The Labute approximate surface area is 149 Å². The van der Waals surface area contributed by atoms with Crippen LogP contribution < -0.4 is 10.6 Å². The van der Waals surface area contributed by atoms with Gasteiger partial charge in [-0.05, 0) is 43.4 Å². The highest BCUT2D eigenvalue weighted by atomic mass is 32.1. The highest BCUT2D eigenvalue weighted by molar-refractivity contribution is 7.09. The normalized spacial score (nSPS) is 11.9. The first-order valence-corrected chi connectivity index (χ1v) is 9.24. The van der Waals surface area contributed by atoms with Crippen LogP contribution in [0.25, 0.3) is 0 Å². The molecule has 0 spiro atoms. The van der Waals surface area contributed by atoms with Crippen molar-refractivity contribution in [1.82, 2.24) is 15.6 Å². The van der Waals surface area contributed by atoms with Crippen LogP contribution in [0.5, 0.6) is 0 Å². The smallest absolute Gasteiger partial charge is 0.191 e. The third-order valence-corrected chi connectivity index (χ3v) is 4.93. The molecule has 0 aliphatic carbocycles. The van der Waals surface area contributed by atoms with E-state index >= 15 is 0 Å². The molecule has 5 heteroatoms.